The third-order valence-electron chi connectivity index (χ3n) is 4.61. The molecular weight excluding hydrogens is 332 g/mol. The van der Waals surface area contributed by atoms with Gasteiger partial charge in [0.25, 0.3) is 0 Å². The van der Waals surface area contributed by atoms with Crippen molar-refractivity contribution in [3.63, 3.8) is 0 Å². The maximum atomic E-state index is 11.9. The van der Waals surface area contributed by atoms with Crippen LogP contribution < -0.4 is 10.4 Å². The number of carbonyl (C=O) groups excluding carboxylic acids is 1. The molecule has 0 atom stereocenters. The Morgan fingerprint density at radius 3 is 2.73 bits per heavy atom. The van der Waals surface area contributed by atoms with Crippen LogP contribution in [-0.2, 0) is 9.57 Å². The van der Waals surface area contributed by atoms with Crippen molar-refractivity contribution in [2.24, 2.45) is 0 Å². The van der Waals surface area contributed by atoms with E-state index in [1.807, 2.05) is 26.1 Å². The lowest BCUT2D eigenvalue weighted by Gasteiger charge is -2.33. The summed E-state index contributed by atoms with van der Waals surface area (Å²) in [4.78, 5) is 26.0. The van der Waals surface area contributed by atoms with Gasteiger partial charge in [0.05, 0.1) is 24.1 Å². The van der Waals surface area contributed by atoms with E-state index in [0.29, 0.717) is 13.1 Å². The Hall–Kier alpha value is -2.28. The van der Waals surface area contributed by atoms with E-state index >= 15 is 0 Å². The molecule has 1 amide bonds. The smallest absolute Gasteiger partial charge is 0.410 e. The van der Waals surface area contributed by atoms with Crippen molar-refractivity contribution in [3.8, 4) is 0 Å². The molecule has 3 rings (SSSR count). The van der Waals surface area contributed by atoms with E-state index in [-0.39, 0.29) is 18.3 Å². The van der Waals surface area contributed by atoms with E-state index in [2.05, 4.69) is 27.5 Å². The van der Waals surface area contributed by atoms with Crippen LogP contribution in [0.5, 0.6) is 0 Å². The van der Waals surface area contributed by atoms with Crippen molar-refractivity contribution in [2.75, 3.05) is 31.1 Å². The second kappa shape index (κ2) is 8.89. The second-order valence-corrected chi connectivity index (χ2v) is 6.98. The first kappa shape index (κ1) is 18.5. The monoisotopic (exact) mass is 360 g/mol. The zero-order chi connectivity index (χ0) is 18.4. The van der Waals surface area contributed by atoms with Gasteiger partial charge in [0, 0.05) is 44.5 Å². The number of nitrogens with zero attached hydrogens (tertiary/aromatic N) is 3. The summed E-state index contributed by atoms with van der Waals surface area (Å²) in [6, 6.07) is 4.03. The predicted molar refractivity (Wildman–Crippen MR) is 99.6 cm³/mol. The van der Waals surface area contributed by atoms with E-state index in [1.54, 1.807) is 11.1 Å². The number of carbonyl (C=O) groups is 1. The molecule has 0 spiro atoms. The Labute approximate surface area is 154 Å². The Morgan fingerprint density at radius 2 is 2.12 bits per heavy atom. The topological polar surface area (TPSA) is 66.9 Å². The van der Waals surface area contributed by atoms with Crippen molar-refractivity contribution < 1.29 is 14.4 Å². The van der Waals surface area contributed by atoms with Crippen LogP contribution in [0.4, 0.5) is 10.5 Å². The van der Waals surface area contributed by atoms with Gasteiger partial charge in [-0.3, -0.25) is 15.3 Å². The molecule has 0 aromatic carbocycles. The van der Waals surface area contributed by atoms with Gasteiger partial charge in [-0.15, -0.1) is 0 Å². The first-order chi connectivity index (χ1) is 12.6. The Bertz CT molecular complexity index is 612. The standard InChI is InChI=1S/C19H28N4O3/c1-15(2)25-19(24)23-12-7-18(8-13-23)26-21-16-5-10-22(11-6-16)17-4-3-9-20-14-17/h3-5,9,14-15,18,21H,6-8,10-13H2,1-2H3. The molecule has 3 heterocycles. The number of anilines is 1. The number of ether oxygens (including phenoxy) is 1. The average Bonchev–Trinajstić information content (AvgIpc) is 2.67. The van der Waals surface area contributed by atoms with E-state index in [0.717, 1.165) is 43.7 Å². The third kappa shape index (κ3) is 5.11. The zero-order valence-electron chi connectivity index (χ0n) is 15.6. The number of hydrogen-bond acceptors (Lipinski definition) is 6. The largest absolute Gasteiger partial charge is 0.447 e. The first-order valence-corrected chi connectivity index (χ1v) is 9.33. The molecule has 142 valence electrons. The molecule has 2 aliphatic rings. The number of rotatable bonds is 5. The molecule has 26 heavy (non-hydrogen) atoms. The highest BCUT2D eigenvalue weighted by atomic mass is 16.7. The van der Waals surface area contributed by atoms with Crippen LogP contribution in [0.25, 0.3) is 0 Å². The molecule has 1 N–H and O–H groups in total. The molecule has 2 aliphatic heterocycles. The van der Waals surface area contributed by atoms with Gasteiger partial charge in [-0.1, -0.05) is 0 Å². The molecule has 1 aromatic heterocycles. The fraction of sp³-hybridized carbons (Fsp3) is 0.579. The van der Waals surface area contributed by atoms with Gasteiger partial charge in [0.15, 0.2) is 0 Å². The van der Waals surface area contributed by atoms with Crippen molar-refractivity contribution in [2.45, 2.75) is 45.3 Å². The van der Waals surface area contributed by atoms with Crippen LogP contribution >= 0.6 is 0 Å². The molecular formula is C19H28N4O3. The molecule has 1 saturated heterocycles. The summed E-state index contributed by atoms with van der Waals surface area (Å²) in [6.45, 7) is 6.86. The molecule has 1 fully saturated rings. The van der Waals surface area contributed by atoms with Gasteiger partial charge in [-0.05, 0) is 44.9 Å². The summed E-state index contributed by atoms with van der Waals surface area (Å²) >= 11 is 0. The second-order valence-electron chi connectivity index (χ2n) is 6.98. The fourth-order valence-corrected chi connectivity index (χ4v) is 3.13. The van der Waals surface area contributed by atoms with Crippen LogP contribution in [-0.4, -0.2) is 54.4 Å². The highest BCUT2D eigenvalue weighted by molar-refractivity contribution is 5.67. The van der Waals surface area contributed by atoms with Crippen LogP contribution in [0.2, 0.25) is 0 Å². The molecule has 0 saturated carbocycles. The number of nitrogens with one attached hydrogen (secondary N) is 1. The lowest BCUT2D eigenvalue weighted by molar-refractivity contribution is -0.0415. The Balaban J connectivity index is 1.38. The van der Waals surface area contributed by atoms with Crippen molar-refractivity contribution in [3.05, 3.63) is 36.3 Å². The minimum Gasteiger partial charge on any atom is -0.447 e. The number of pyridine rings is 1. The summed E-state index contributed by atoms with van der Waals surface area (Å²) < 4.78 is 5.24. The summed E-state index contributed by atoms with van der Waals surface area (Å²) in [6.07, 6.45) is 8.19. The minimum absolute atomic E-state index is 0.0809. The van der Waals surface area contributed by atoms with Gasteiger partial charge in [-0.25, -0.2) is 4.79 Å². The lowest BCUT2D eigenvalue weighted by Crippen LogP contribution is -2.43. The van der Waals surface area contributed by atoms with E-state index in [9.17, 15) is 4.79 Å². The molecule has 7 heteroatoms. The molecule has 0 radical (unpaired) electrons. The van der Waals surface area contributed by atoms with Crippen molar-refractivity contribution in [1.82, 2.24) is 15.4 Å². The van der Waals surface area contributed by atoms with Crippen molar-refractivity contribution >= 4 is 11.8 Å². The zero-order valence-corrected chi connectivity index (χ0v) is 15.6. The van der Waals surface area contributed by atoms with Crippen molar-refractivity contribution in [1.29, 1.82) is 0 Å². The number of amides is 1. The normalized spacial score (nSPS) is 18.7. The predicted octanol–water partition coefficient (Wildman–Crippen LogP) is 2.71. The Kier molecular flexibility index (Phi) is 6.33. The van der Waals surface area contributed by atoms with Gasteiger partial charge in [0.1, 0.15) is 0 Å². The van der Waals surface area contributed by atoms with E-state index < -0.39 is 0 Å². The number of piperidine rings is 1. The first-order valence-electron chi connectivity index (χ1n) is 9.33. The number of likely N-dealkylation sites (tertiary alicyclic amines) is 1. The summed E-state index contributed by atoms with van der Waals surface area (Å²) in [5, 5.41) is 0. The SMILES string of the molecule is CC(C)OC(=O)N1CCC(ONC2=CCN(c3cccnc3)CC2)CC1. The van der Waals surface area contributed by atoms with E-state index in [1.165, 1.54) is 0 Å². The maximum absolute atomic E-state index is 11.9. The number of hydroxylamine groups is 1. The average molecular weight is 360 g/mol. The van der Waals surface area contributed by atoms with Crippen LogP contribution in [0.15, 0.2) is 36.3 Å². The minimum atomic E-state index is -0.225. The highest BCUT2D eigenvalue weighted by Gasteiger charge is 2.25. The summed E-state index contributed by atoms with van der Waals surface area (Å²) in [5.41, 5.74) is 5.38. The number of aromatic nitrogens is 1. The van der Waals surface area contributed by atoms with Crippen LogP contribution in [0.3, 0.4) is 0 Å². The molecule has 0 unspecified atom stereocenters. The number of hydrogen-bond donors (Lipinski definition) is 1. The molecule has 7 nitrogen and oxygen atoms in total. The van der Waals surface area contributed by atoms with Gasteiger partial charge < -0.3 is 14.5 Å². The molecule has 1 aromatic rings. The highest BCUT2D eigenvalue weighted by Crippen LogP contribution is 2.19. The molecule has 0 aliphatic carbocycles. The molecule has 0 bridgehead atoms. The van der Waals surface area contributed by atoms with Gasteiger partial charge >= 0.3 is 6.09 Å². The Morgan fingerprint density at radius 1 is 1.31 bits per heavy atom. The summed E-state index contributed by atoms with van der Waals surface area (Å²) in [5.74, 6) is 0. The lowest BCUT2D eigenvalue weighted by atomic mass is 10.1. The fourth-order valence-electron chi connectivity index (χ4n) is 3.13. The van der Waals surface area contributed by atoms with Gasteiger partial charge in [0.2, 0.25) is 0 Å². The summed E-state index contributed by atoms with van der Waals surface area (Å²) in [7, 11) is 0. The van der Waals surface area contributed by atoms with Crippen LogP contribution in [0, 0.1) is 0 Å². The third-order valence-corrected chi connectivity index (χ3v) is 4.61. The quantitative estimate of drug-likeness (QED) is 0.815. The van der Waals surface area contributed by atoms with E-state index in [4.69, 9.17) is 9.57 Å². The van der Waals surface area contributed by atoms with Crippen LogP contribution in [0.1, 0.15) is 33.1 Å². The van der Waals surface area contributed by atoms with Gasteiger partial charge in [-0.2, -0.15) is 0 Å². The maximum Gasteiger partial charge on any atom is 0.410 e.